The Bertz CT molecular complexity index is 562. The Morgan fingerprint density at radius 2 is 1.67 bits per heavy atom. The molecule has 1 saturated heterocycles. The van der Waals surface area contributed by atoms with E-state index in [4.69, 9.17) is 4.74 Å². The third-order valence-corrected chi connectivity index (χ3v) is 4.24. The highest BCUT2D eigenvalue weighted by Crippen LogP contribution is 2.30. The van der Waals surface area contributed by atoms with Crippen LogP contribution in [0.5, 0.6) is 0 Å². The molecule has 0 spiro atoms. The van der Waals surface area contributed by atoms with Gasteiger partial charge >= 0.3 is 6.09 Å². The summed E-state index contributed by atoms with van der Waals surface area (Å²) in [6.07, 6.45) is 1.69. The van der Waals surface area contributed by atoms with E-state index in [0.717, 1.165) is 25.9 Å². The molecule has 24 heavy (non-hydrogen) atoms. The van der Waals surface area contributed by atoms with Gasteiger partial charge in [-0.1, -0.05) is 39.0 Å². The van der Waals surface area contributed by atoms with E-state index in [9.17, 15) is 4.79 Å². The Morgan fingerprint density at radius 1 is 1.08 bits per heavy atom. The summed E-state index contributed by atoms with van der Waals surface area (Å²) in [4.78, 5) is 14.0. The maximum atomic E-state index is 12.1. The Balaban J connectivity index is 1.94. The van der Waals surface area contributed by atoms with Crippen LogP contribution in [0.25, 0.3) is 0 Å². The van der Waals surface area contributed by atoms with Crippen LogP contribution in [0.1, 0.15) is 59.9 Å². The number of likely N-dealkylation sites (tertiary alicyclic amines) is 1. The van der Waals surface area contributed by atoms with Crippen molar-refractivity contribution < 1.29 is 9.53 Å². The highest BCUT2D eigenvalue weighted by Gasteiger charge is 2.27. The number of carbonyl (C=O) groups is 1. The minimum absolute atomic E-state index is 0.112. The fourth-order valence-corrected chi connectivity index (χ4v) is 3.02. The summed E-state index contributed by atoms with van der Waals surface area (Å²) in [5.41, 5.74) is 2.22. The van der Waals surface area contributed by atoms with Gasteiger partial charge in [0.05, 0.1) is 0 Å². The Labute approximate surface area is 146 Å². The number of nitrogens with one attached hydrogen (secondary N) is 1. The number of carbonyl (C=O) groups excluding carboxylic acids is 1. The van der Waals surface area contributed by atoms with E-state index < -0.39 is 5.60 Å². The molecule has 0 saturated carbocycles. The molecule has 0 radical (unpaired) electrons. The van der Waals surface area contributed by atoms with Gasteiger partial charge in [0.15, 0.2) is 0 Å². The van der Waals surface area contributed by atoms with Crippen LogP contribution in [-0.4, -0.2) is 35.7 Å². The largest absolute Gasteiger partial charge is 0.444 e. The van der Waals surface area contributed by atoms with Crippen molar-refractivity contribution in [2.75, 3.05) is 18.4 Å². The lowest BCUT2D eigenvalue weighted by Crippen LogP contribution is -2.44. The lowest BCUT2D eigenvalue weighted by Gasteiger charge is -2.35. The molecular formula is C20H32N2O2. The first-order valence-electron chi connectivity index (χ1n) is 8.90. The van der Waals surface area contributed by atoms with E-state index >= 15 is 0 Å². The molecule has 0 atom stereocenters. The zero-order chi connectivity index (χ0) is 18.0. The molecule has 1 aromatic carbocycles. The summed E-state index contributed by atoms with van der Waals surface area (Å²) in [7, 11) is 0. The molecule has 4 nitrogen and oxygen atoms in total. The van der Waals surface area contributed by atoms with Crippen LogP contribution >= 0.6 is 0 Å². The van der Waals surface area contributed by atoms with Gasteiger partial charge in [-0.15, -0.1) is 0 Å². The van der Waals surface area contributed by atoms with Gasteiger partial charge in [-0.25, -0.2) is 4.79 Å². The van der Waals surface area contributed by atoms with Crippen LogP contribution in [0.3, 0.4) is 0 Å². The topological polar surface area (TPSA) is 41.6 Å². The van der Waals surface area contributed by atoms with Crippen molar-refractivity contribution in [1.82, 2.24) is 4.90 Å². The molecule has 1 aromatic rings. The number of anilines is 1. The average molecular weight is 332 g/mol. The molecule has 2 rings (SSSR count). The van der Waals surface area contributed by atoms with Crippen LogP contribution < -0.4 is 5.32 Å². The predicted molar refractivity (Wildman–Crippen MR) is 99.6 cm³/mol. The average Bonchev–Trinajstić information content (AvgIpc) is 2.45. The van der Waals surface area contributed by atoms with E-state index in [1.807, 2.05) is 25.7 Å². The van der Waals surface area contributed by atoms with Gasteiger partial charge < -0.3 is 15.0 Å². The van der Waals surface area contributed by atoms with Gasteiger partial charge in [-0.3, -0.25) is 0 Å². The molecule has 1 aliphatic rings. The Hall–Kier alpha value is -1.71. The summed E-state index contributed by atoms with van der Waals surface area (Å²) in [5, 5.41) is 3.68. The van der Waals surface area contributed by atoms with Crippen molar-refractivity contribution in [1.29, 1.82) is 0 Å². The molecule has 1 aliphatic heterocycles. The molecule has 1 amide bonds. The number of rotatable bonds is 2. The molecule has 1 heterocycles. The van der Waals surface area contributed by atoms with E-state index in [2.05, 4.69) is 50.4 Å². The minimum atomic E-state index is -0.433. The fraction of sp³-hybridized carbons (Fsp3) is 0.650. The lowest BCUT2D eigenvalue weighted by molar-refractivity contribution is 0.0210. The molecule has 1 N–H and O–H groups in total. The fourth-order valence-electron chi connectivity index (χ4n) is 3.02. The number of hydrogen-bond donors (Lipinski definition) is 1. The standard InChI is InChI=1S/C20H32N2O2/c1-19(2,3)16-9-7-8-10-17(16)21-15-11-13-22(14-12-15)18(23)24-20(4,5)6/h7-10,15,21H,11-14H2,1-6H3. The summed E-state index contributed by atoms with van der Waals surface area (Å²) in [6, 6.07) is 8.91. The van der Waals surface area contributed by atoms with E-state index in [-0.39, 0.29) is 11.5 Å². The zero-order valence-corrected chi connectivity index (χ0v) is 16.0. The first kappa shape index (κ1) is 18.6. The van der Waals surface area contributed by atoms with Gasteiger partial charge in [0.25, 0.3) is 0 Å². The maximum absolute atomic E-state index is 12.1. The molecule has 4 heteroatoms. The molecule has 0 aliphatic carbocycles. The first-order chi connectivity index (χ1) is 11.1. The molecule has 1 fully saturated rings. The molecule has 0 aromatic heterocycles. The molecule has 134 valence electrons. The summed E-state index contributed by atoms with van der Waals surface area (Å²) >= 11 is 0. The van der Waals surface area contributed by atoms with Crippen LogP contribution in [0.2, 0.25) is 0 Å². The van der Waals surface area contributed by atoms with Crippen LogP contribution in [-0.2, 0) is 10.2 Å². The minimum Gasteiger partial charge on any atom is -0.444 e. The summed E-state index contributed by atoms with van der Waals surface area (Å²) in [6.45, 7) is 13.9. The van der Waals surface area contributed by atoms with Crippen LogP contribution in [0, 0.1) is 0 Å². The number of nitrogens with zero attached hydrogens (tertiary/aromatic N) is 1. The number of ether oxygens (including phenoxy) is 1. The van der Waals surface area contributed by atoms with Crippen LogP contribution in [0.15, 0.2) is 24.3 Å². The Kier molecular flexibility index (Phi) is 5.46. The van der Waals surface area contributed by atoms with Crippen molar-refractivity contribution in [3.63, 3.8) is 0 Å². The second-order valence-corrected chi connectivity index (χ2v) is 8.68. The van der Waals surface area contributed by atoms with E-state index in [1.54, 1.807) is 0 Å². The quantitative estimate of drug-likeness (QED) is 0.846. The Morgan fingerprint density at radius 3 is 2.21 bits per heavy atom. The first-order valence-corrected chi connectivity index (χ1v) is 8.90. The van der Waals surface area contributed by atoms with Gasteiger partial charge in [0.2, 0.25) is 0 Å². The molecule has 0 bridgehead atoms. The van der Waals surface area contributed by atoms with Crippen molar-refractivity contribution in [3.8, 4) is 0 Å². The number of hydrogen-bond acceptors (Lipinski definition) is 3. The van der Waals surface area contributed by atoms with E-state index in [0.29, 0.717) is 6.04 Å². The number of benzene rings is 1. The van der Waals surface area contributed by atoms with Gasteiger partial charge in [0, 0.05) is 24.8 Å². The second kappa shape index (κ2) is 7.04. The number of piperidine rings is 1. The number of para-hydroxylation sites is 1. The normalized spacial score (nSPS) is 16.8. The van der Waals surface area contributed by atoms with Crippen molar-refractivity contribution in [3.05, 3.63) is 29.8 Å². The summed E-state index contributed by atoms with van der Waals surface area (Å²) in [5.74, 6) is 0. The highest BCUT2D eigenvalue weighted by molar-refractivity contribution is 5.68. The third-order valence-electron chi connectivity index (χ3n) is 4.24. The van der Waals surface area contributed by atoms with Gasteiger partial charge in [0.1, 0.15) is 5.60 Å². The molecular weight excluding hydrogens is 300 g/mol. The predicted octanol–water partition coefficient (Wildman–Crippen LogP) is 4.80. The molecule has 0 unspecified atom stereocenters. The van der Waals surface area contributed by atoms with Gasteiger partial charge in [-0.05, 0) is 50.7 Å². The number of amides is 1. The summed E-state index contributed by atoms with van der Waals surface area (Å²) < 4.78 is 5.46. The zero-order valence-electron chi connectivity index (χ0n) is 16.0. The third kappa shape index (κ3) is 5.15. The lowest BCUT2D eigenvalue weighted by atomic mass is 9.85. The van der Waals surface area contributed by atoms with E-state index in [1.165, 1.54) is 11.3 Å². The van der Waals surface area contributed by atoms with Gasteiger partial charge in [-0.2, -0.15) is 0 Å². The monoisotopic (exact) mass is 332 g/mol. The van der Waals surface area contributed by atoms with Crippen molar-refractivity contribution in [2.45, 2.75) is 71.4 Å². The highest BCUT2D eigenvalue weighted by atomic mass is 16.6. The maximum Gasteiger partial charge on any atom is 0.410 e. The van der Waals surface area contributed by atoms with Crippen LogP contribution in [0.4, 0.5) is 10.5 Å². The SMILES string of the molecule is CC(C)(C)OC(=O)N1CCC(Nc2ccccc2C(C)(C)C)CC1. The van der Waals surface area contributed by atoms with Crippen molar-refractivity contribution >= 4 is 11.8 Å². The second-order valence-electron chi connectivity index (χ2n) is 8.68. The smallest absolute Gasteiger partial charge is 0.410 e. The van der Waals surface area contributed by atoms with Crippen molar-refractivity contribution in [2.24, 2.45) is 0 Å².